The van der Waals surface area contributed by atoms with Crippen LogP contribution in [0.15, 0.2) is 128 Å². The lowest BCUT2D eigenvalue weighted by Gasteiger charge is -2.03. The molecule has 2 aromatic heterocycles. The van der Waals surface area contributed by atoms with E-state index in [9.17, 15) is 9.59 Å². The van der Waals surface area contributed by atoms with Gasteiger partial charge in [0.25, 0.3) is 0 Å². The smallest absolute Gasteiger partial charge is 0.335 e. The second kappa shape index (κ2) is 30.1. The molecular weight excluding hydrogens is 440 g/mol. The Kier molecular flexibility index (Phi) is 30.8. The molecule has 0 radical (unpaired) electrons. The van der Waals surface area contributed by atoms with Crippen LogP contribution in [0.5, 0.6) is 11.5 Å². The zero-order valence-corrected chi connectivity index (χ0v) is 22.4. The summed E-state index contributed by atoms with van der Waals surface area (Å²) in [6.07, 6.45) is 2.70. The van der Waals surface area contributed by atoms with Crippen LogP contribution < -0.4 is 16.0 Å². The number of benzene rings is 2. The minimum absolute atomic E-state index is 0.303. The Morgan fingerprint density at radius 2 is 0.714 bits per heavy atom. The fraction of sp³-hybridized carbons (Fsp3) is 0.267. The quantitative estimate of drug-likeness (QED) is 0.285. The van der Waals surface area contributed by atoms with Crippen LogP contribution in [-0.2, 0) is 0 Å². The van der Waals surface area contributed by atoms with Gasteiger partial charge in [-0.2, -0.15) is 0 Å². The Morgan fingerprint density at radius 1 is 0.429 bits per heavy atom. The predicted molar refractivity (Wildman–Crippen MR) is 148 cm³/mol. The molecule has 0 atom stereocenters. The molecule has 0 saturated heterocycles. The number of hydrogen-bond donors (Lipinski definition) is 0. The lowest BCUT2D eigenvalue weighted by atomic mass is 10.3. The third-order valence-electron chi connectivity index (χ3n) is 2.93. The number of ether oxygens (including phenoxy) is 1. The summed E-state index contributed by atoms with van der Waals surface area (Å²) in [5.74, 6) is 1.74. The van der Waals surface area contributed by atoms with E-state index in [0.717, 1.165) is 11.5 Å². The monoisotopic (exact) mass is 482 g/mol. The van der Waals surface area contributed by atoms with E-state index in [1.165, 1.54) is 24.7 Å². The van der Waals surface area contributed by atoms with Crippen LogP contribution in [0.1, 0.15) is 55.4 Å². The first-order chi connectivity index (χ1) is 17.2. The zero-order chi connectivity index (χ0) is 27.2. The minimum atomic E-state index is -0.303. The largest absolute Gasteiger partial charge is 0.457 e. The first-order valence-electron chi connectivity index (χ1n) is 12.1. The van der Waals surface area contributed by atoms with Gasteiger partial charge >= 0.3 is 11.3 Å². The molecule has 5 nitrogen and oxygen atoms in total. The highest BCUT2D eigenvalue weighted by Crippen LogP contribution is 2.19. The van der Waals surface area contributed by atoms with Crippen LogP contribution in [0.4, 0.5) is 0 Å². The number of rotatable bonds is 2. The Bertz CT molecular complexity index is 876. The maximum atomic E-state index is 10.1. The van der Waals surface area contributed by atoms with Crippen molar-refractivity contribution in [3.8, 4) is 11.5 Å². The van der Waals surface area contributed by atoms with Crippen LogP contribution in [0.25, 0.3) is 0 Å². The highest BCUT2D eigenvalue weighted by molar-refractivity contribution is 5.30. The maximum absolute atomic E-state index is 10.1. The van der Waals surface area contributed by atoms with E-state index in [1.54, 1.807) is 24.3 Å². The molecule has 0 saturated carbocycles. The van der Waals surface area contributed by atoms with Gasteiger partial charge in [-0.1, -0.05) is 104 Å². The van der Waals surface area contributed by atoms with E-state index in [0.29, 0.717) is 0 Å². The SMILES string of the molecule is CC.CC.CC.CC.O=c1cccco1.O=c1cccco1.c1ccc(Oc2ccccc2)cc1. The third-order valence-corrected chi connectivity index (χ3v) is 2.93. The molecule has 0 fully saturated rings. The molecule has 0 amide bonds. The number of para-hydroxylation sites is 2. The molecule has 0 aliphatic carbocycles. The molecule has 5 heteroatoms. The summed E-state index contributed by atoms with van der Waals surface area (Å²) in [5.41, 5.74) is -0.606. The highest BCUT2D eigenvalue weighted by atomic mass is 16.5. The summed E-state index contributed by atoms with van der Waals surface area (Å²) in [4.78, 5) is 20.2. The Morgan fingerprint density at radius 3 is 0.914 bits per heavy atom. The van der Waals surface area contributed by atoms with Gasteiger partial charge in [0.1, 0.15) is 11.5 Å². The zero-order valence-electron chi connectivity index (χ0n) is 22.4. The summed E-state index contributed by atoms with van der Waals surface area (Å²) in [5, 5.41) is 0. The first kappa shape index (κ1) is 35.7. The summed E-state index contributed by atoms with van der Waals surface area (Å²) < 4.78 is 14.3. The van der Waals surface area contributed by atoms with Crippen LogP contribution in [0.3, 0.4) is 0 Å². The molecule has 192 valence electrons. The summed E-state index contributed by atoms with van der Waals surface area (Å²) in [7, 11) is 0. The van der Waals surface area contributed by atoms with Crippen LogP contribution >= 0.6 is 0 Å². The molecule has 35 heavy (non-hydrogen) atoms. The Hall–Kier alpha value is -3.86. The average Bonchev–Trinajstić information content (AvgIpc) is 2.96. The van der Waals surface area contributed by atoms with Gasteiger partial charge in [-0.15, -0.1) is 0 Å². The molecule has 4 rings (SSSR count). The maximum Gasteiger partial charge on any atom is 0.335 e. The van der Waals surface area contributed by atoms with E-state index in [4.69, 9.17) is 4.74 Å². The van der Waals surface area contributed by atoms with Crippen molar-refractivity contribution in [2.45, 2.75) is 55.4 Å². The van der Waals surface area contributed by atoms with Gasteiger partial charge in [-0.05, 0) is 36.4 Å². The van der Waals surface area contributed by atoms with Gasteiger partial charge in [0.15, 0.2) is 0 Å². The molecule has 4 aromatic rings. The minimum Gasteiger partial charge on any atom is -0.457 e. The van der Waals surface area contributed by atoms with Gasteiger partial charge in [0.05, 0.1) is 12.5 Å². The Labute approximate surface area is 211 Å². The van der Waals surface area contributed by atoms with Crippen molar-refractivity contribution in [2.24, 2.45) is 0 Å². The normalized spacial score (nSPS) is 7.66. The van der Waals surface area contributed by atoms with Crippen LogP contribution in [0.2, 0.25) is 0 Å². The van der Waals surface area contributed by atoms with Gasteiger partial charge in [0.2, 0.25) is 0 Å². The molecule has 2 aromatic carbocycles. The van der Waals surface area contributed by atoms with E-state index >= 15 is 0 Å². The van der Waals surface area contributed by atoms with Crippen LogP contribution in [-0.4, -0.2) is 0 Å². The van der Waals surface area contributed by atoms with E-state index in [2.05, 4.69) is 8.83 Å². The summed E-state index contributed by atoms with van der Waals surface area (Å²) in [6.45, 7) is 16.0. The van der Waals surface area contributed by atoms with Crippen molar-refractivity contribution in [3.05, 3.63) is 130 Å². The van der Waals surface area contributed by atoms with Crippen molar-refractivity contribution < 1.29 is 13.6 Å². The second-order valence-electron chi connectivity index (χ2n) is 4.98. The van der Waals surface area contributed by atoms with Crippen molar-refractivity contribution in [2.75, 3.05) is 0 Å². The lowest BCUT2D eigenvalue weighted by Crippen LogP contribution is -1.90. The average molecular weight is 483 g/mol. The predicted octanol–water partition coefficient (Wildman–Crippen LogP) is 8.86. The molecule has 0 aliphatic heterocycles. The van der Waals surface area contributed by atoms with E-state index in [-0.39, 0.29) is 11.3 Å². The van der Waals surface area contributed by atoms with Crippen LogP contribution in [0, 0.1) is 0 Å². The van der Waals surface area contributed by atoms with Gasteiger partial charge in [-0.25, -0.2) is 9.59 Å². The molecule has 0 N–H and O–H groups in total. The van der Waals surface area contributed by atoms with E-state index in [1.807, 2.05) is 116 Å². The van der Waals surface area contributed by atoms with Gasteiger partial charge in [-0.3, -0.25) is 0 Å². The van der Waals surface area contributed by atoms with Crippen molar-refractivity contribution in [1.82, 2.24) is 0 Å². The van der Waals surface area contributed by atoms with Crippen molar-refractivity contribution in [3.63, 3.8) is 0 Å². The van der Waals surface area contributed by atoms with Gasteiger partial charge in [0, 0.05) is 12.1 Å². The topological polar surface area (TPSA) is 69.7 Å². The molecular formula is C30H42O5. The van der Waals surface area contributed by atoms with Crippen molar-refractivity contribution in [1.29, 1.82) is 0 Å². The first-order valence-corrected chi connectivity index (χ1v) is 12.1. The summed E-state index contributed by atoms with van der Waals surface area (Å²) >= 11 is 0. The number of hydrogen-bond acceptors (Lipinski definition) is 5. The fourth-order valence-electron chi connectivity index (χ4n) is 1.76. The fourth-order valence-corrected chi connectivity index (χ4v) is 1.76. The second-order valence-corrected chi connectivity index (χ2v) is 4.98. The Balaban J connectivity index is -0.000000402. The molecule has 2 heterocycles. The molecule has 0 unspecified atom stereocenters. The van der Waals surface area contributed by atoms with Crippen molar-refractivity contribution >= 4 is 0 Å². The standard InChI is InChI=1S/C12H10O.2C5H4O2.4C2H6/c1-3-7-11(8-4-1)13-12-9-5-2-6-10-12;2*6-5-3-1-2-4-7-5;4*1-2/h1-10H;2*1-4H;4*1-2H3. The molecule has 0 spiro atoms. The van der Waals surface area contributed by atoms with E-state index < -0.39 is 0 Å². The molecule has 0 bridgehead atoms. The molecule has 0 aliphatic rings. The third kappa shape index (κ3) is 23.1. The van der Waals surface area contributed by atoms with Gasteiger partial charge < -0.3 is 13.6 Å². The lowest BCUT2D eigenvalue weighted by molar-refractivity contribution is 0.482. The summed E-state index contributed by atoms with van der Waals surface area (Å²) in [6, 6.07) is 28.8. The highest BCUT2D eigenvalue weighted by Gasteiger charge is 1.92.